The van der Waals surface area contributed by atoms with Crippen molar-refractivity contribution in [3.05, 3.63) is 45.6 Å². The van der Waals surface area contributed by atoms with Gasteiger partial charge in [0.05, 0.1) is 39.1 Å². The van der Waals surface area contributed by atoms with E-state index in [2.05, 4.69) is 74.7 Å². The topological polar surface area (TPSA) is 101 Å². The second kappa shape index (κ2) is 12.2. The normalized spacial score (nSPS) is 16.2. The van der Waals surface area contributed by atoms with Crippen LogP contribution in [0, 0.1) is 10.6 Å². The van der Waals surface area contributed by atoms with Crippen LogP contribution in [0.25, 0.3) is 11.0 Å². The SMILES string of the molecule is Cc1ncc(NC(=O)CN2CCC[C@@H]2C)cc1NC(=O)c1cnc2c(c1)cc(I)n2COCC[Si](C)(C)C. The van der Waals surface area contributed by atoms with E-state index in [4.69, 9.17) is 4.74 Å². The summed E-state index contributed by atoms with van der Waals surface area (Å²) in [6.07, 6.45) is 5.43. The minimum Gasteiger partial charge on any atom is -0.361 e. The highest BCUT2D eigenvalue weighted by atomic mass is 127. The van der Waals surface area contributed by atoms with E-state index in [1.807, 2.05) is 23.6 Å². The molecule has 0 spiro atoms. The minimum atomic E-state index is -1.15. The second-order valence-corrected chi connectivity index (χ2v) is 17.9. The van der Waals surface area contributed by atoms with Crippen molar-refractivity contribution >= 4 is 64.9 Å². The molecule has 1 aliphatic rings. The van der Waals surface area contributed by atoms with Crippen molar-refractivity contribution in [1.82, 2.24) is 19.4 Å². The van der Waals surface area contributed by atoms with Crippen LogP contribution in [0.1, 0.15) is 35.8 Å². The van der Waals surface area contributed by atoms with Crippen molar-refractivity contribution in [3.63, 3.8) is 0 Å². The van der Waals surface area contributed by atoms with Gasteiger partial charge in [-0.3, -0.25) is 24.0 Å². The molecule has 1 fully saturated rings. The Bertz CT molecular complexity index is 1320. The van der Waals surface area contributed by atoms with Crippen molar-refractivity contribution in [2.45, 2.75) is 65.1 Å². The van der Waals surface area contributed by atoms with E-state index < -0.39 is 8.07 Å². The second-order valence-electron chi connectivity index (χ2n) is 11.2. The molecular weight excluding hydrogens is 611 g/mol. The maximum absolute atomic E-state index is 13.1. The summed E-state index contributed by atoms with van der Waals surface area (Å²) >= 11 is 2.27. The van der Waals surface area contributed by atoms with E-state index in [1.165, 1.54) is 0 Å². The molecule has 4 heterocycles. The zero-order chi connectivity index (χ0) is 27.4. The van der Waals surface area contributed by atoms with E-state index in [1.54, 1.807) is 18.5 Å². The molecule has 1 saturated heterocycles. The lowest BCUT2D eigenvalue weighted by atomic mass is 10.2. The molecule has 2 amide bonds. The van der Waals surface area contributed by atoms with Crippen molar-refractivity contribution in [3.8, 4) is 0 Å². The molecule has 1 atom stereocenters. The van der Waals surface area contributed by atoms with Crippen LogP contribution in [0.15, 0.2) is 30.6 Å². The van der Waals surface area contributed by atoms with Gasteiger partial charge in [0.25, 0.3) is 5.91 Å². The molecule has 3 aromatic rings. The summed E-state index contributed by atoms with van der Waals surface area (Å²) in [7, 11) is -1.15. The molecule has 2 N–H and O–H groups in total. The Morgan fingerprint density at radius 2 is 1.95 bits per heavy atom. The Balaban J connectivity index is 1.41. The standard InChI is InChI=1S/C27H37IN6O3Si/c1-18-7-6-8-33(18)16-25(35)31-22-13-23(19(2)29-15-22)32-27(36)21-11-20-12-24(28)34(26(20)30-14-21)17-37-9-10-38(3,4)5/h11-15,18H,6-10,16-17H2,1-5H3,(H,31,35)(H,32,36)/t18-/m0/s1. The smallest absolute Gasteiger partial charge is 0.257 e. The third-order valence-electron chi connectivity index (χ3n) is 6.82. The van der Waals surface area contributed by atoms with E-state index in [9.17, 15) is 9.59 Å². The summed E-state index contributed by atoms with van der Waals surface area (Å²) in [6, 6.07) is 7.11. The number of hydrogen-bond donors (Lipinski definition) is 2. The fourth-order valence-electron chi connectivity index (χ4n) is 4.43. The third-order valence-corrected chi connectivity index (χ3v) is 9.42. The molecular formula is C27H37IN6O3Si. The molecule has 9 nitrogen and oxygen atoms in total. The number of halogens is 1. The number of fused-ring (bicyclic) bond motifs is 1. The third kappa shape index (κ3) is 7.39. The predicted octanol–water partition coefficient (Wildman–Crippen LogP) is 5.33. The van der Waals surface area contributed by atoms with Gasteiger partial charge in [0, 0.05) is 32.3 Å². The number of anilines is 2. The summed E-state index contributed by atoms with van der Waals surface area (Å²) in [5, 5.41) is 6.72. The molecule has 0 saturated carbocycles. The van der Waals surface area contributed by atoms with Crippen LogP contribution in [0.5, 0.6) is 0 Å². The van der Waals surface area contributed by atoms with Gasteiger partial charge in [-0.05, 0) is 80.1 Å². The van der Waals surface area contributed by atoms with Crippen LogP contribution in [0.2, 0.25) is 25.7 Å². The van der Waals surface area contributed by atoms with Gasteiger partial charge < -0.3 is 15.4 Å². The van der Waals surface area contributed by atoms with Gasteiger partial charge in [-0.2, -0.15) is 0 Å². The van der Waals surface area contributed by atoms with Gasteiger partial charge in [0.15, 0.2) is 0 Å². The average molecular weight is 649 g/mol. The number of ether oxygens (including phenoxy) is 1. The first-order valence-electron chi connectivity index (χ1n) is 13.0. The van der Waals surface area contributed by atoms with E-state index in [-0.39, 0.29) is 11.8 Å². The summed E-state index contributed by atoms with van der Waals surface area (Å²) in [4.78, 5) is 36.8. The molecule has 0 aliphatic carbocycles. The number of likely N-dealkylation sites (tertiary alicyclic amines) is 1. The largest absolute Gasteiger partial charge is 0.361 e. The first kappa shape index (κ1) is 28.6. The highest BCUT2D eigenvalue weighted by molar-refractivity contribution is 14.1. The molecule has 4 rings (SSSR count). The van der Waals surface area contributed by atoms with Gasteiger partial charge in [-0.1, -0.05) is 19.6 Å². The molecule has 3 aromatic heterocycles. The van der Waals surface area contributed by atoms with Crippen molar-refractivity contribution < 1.29 is 14.3 Å². The summed E-state index contributed by atoms with van der Waals surface area (Å²) in [5.74, 6) is -0.368. The van der Waals surface area contributed by atoms with Gasteiger partial charge in [-0.25, -0.2) is 4.98 Å². The number of nitrogens with zero attached hydrogens (tertiary/aromatic N) is 4. The number of pyridine rings is 2. The minimum absolute atomic E-state index is 0.0834. The van der Waals surface area contributed by atoms with Crippen LogP contribution in [0.3, 0.4) is 0 Å². The number of nitrogens with one attached hydrogen (secondary N) is 2. The monoisotopic (exact) mass is 648 g/mol. The zero-order valence-corrected chi connectivity index (χ0v) is 26.0. The zero-order valence-electron chi connectivity index (χ0n) is 22.8. The van der Waals surface area contributed by atoms with Crippen LogP contribution < -0.4 is 10.6 Å². The molecule has 1 aliphatic heterocycles. The van der Waals surface area contributed by atoms with Gasteiger partial charge in [0.1, 0.15) is 12.4 Å². The van der Waals surface area contributed by atoms with Crippen molar-refractivity contribution in [2.75, 3.05) is 30.3 Å². The summed E-state index contributed by atoms with van der Waals surface area (Å²) in [6.45, 7) is 13.4. The fourth-order valence-corrected chi connectivity index (χ4v) is 5.89. The molecule has 11 heteroatoms. The highest BCUT2D eigenvalue weighted by Gasteiger charge is 2.22. The highest BCUT2D eigenvalue weighted by Crippen LogP contribution is 2.23. The molecule has 204 valence electrons. The van der Waals surface area contributed by atoms with Crippen LogP contribution >= 0.6 is 22.6 Å². The molecule has 0 aromatic carbocycles. The number of carbonyl (C=O) groups excluding carboxylic acids is 2. The maximum atomic E-state index is 13.1. The number of aromatic nitrogens is 3. The Morgan fingerprint density at radius 1 is 1.16 bits per heavy atom. The molecule has 0 radical (unpaired) electrons. The Kier molecular flexibility index (Phi) is 9.22. The molecule has 38 heavy (non-hydrogen) atoms. The lowest BCUT2D eigenvalue weighted by Gasteiger charge is -2.20. The lowest BCUT2D eigenvalue weighted by Crippen LogP contribution is -2.35. The summed E-state index contributed by atoms with van der Waals surface area (Å²) < 4.78 is 8.95. The van der Waals surface area contributed by atoms with Gasteiger partial charge >= 0.3 is 0 Å². The van der Waals surface area contributed by atoms with Gasteiger partial charge in [-0.15, -0.1) is 0 Å². The number of amides is 2. The average Bonchev–Trinajstić information content (AvgIpc) is 3.39. The number of hydrogen-bond acceptors (Lipinski definition) is 6. The van der Waals surface area contributed by atoms with Crippen molar-refractivity contribution in [2.24, 2.45) is 0 Å². The first-order chi connectivity index (χ1) is 18.0. The quantitative estimate of drug-likeness (QED) is 0.175. The number of rotatable bonds is 10. The lowest BCUT2D eigenvalue weighted by molar-refractivity contribution is -0.117. The maximum Gasteiger partial charge on any atom is 0.257 e. The Labute approximate surface area is 238 Å². The first-order valence-corrected chi connectivity index (χ1v) is 17.8. The van der Waals surface area contributed by atoms with E-state index in [0.717, 1.165) is 46.8 Å². The van der Waals surface area contributed by atoms with Crippen molar-refractivity contribution in [1.29, 1.82) is 0 Å². The Morgan fingerprint density at radius 3 is 2.66 bits per heavy atom. The summed E-state index contributed by atoms with van der Waals surface area (Å²) in [5.41, 5.74) is 2.99. The predicted molar refractivity (Wildman–Crippen MR) is 162 cm³/mol. The van der Waals surface area contributed by atoms with Crippen LogP contribution in [-0.2, 0) is 16.3 Å². The molecule has 0 unspecified atom stereocenters. The number of aryl methyl sites for hydroxylation is 1. The Hall–Kier alpha value is -2.35. The van der Waals surface area contributed by atoms with Gasteiger partial charge in [0.2, 0.25) is 5.91 Å². The van der Waals surface area contributed by atoms with E-state index in [0.29, 0.717) is 41.9 Å². The van der Waals surface area contributed by atoms with Crippen LogP contribution in [0.4, 0.5) is 11.4 Å². The van der Waals surface area contributed by atoms with E-state index >= 15 is 0 Å². The van der Waals surface area contributed by atoms with Crippen LogP contribution in [-0.4, -0.2) is 65.1 Å². The number of carbonyl (C=O) groups is 2. The fraction of sp³-hybridized carbons (Fsp3) is 0.481. The molecule has 0 bridgehead atoms.